The first-order valence-corrected chi connectivity index (χ1v) is 9.01. The zero-order chi connectivity index (χ0) is 18.4. The quantitative estimate of drug-likeness (QED) is 0.820. The van der Waals surface area contributed by atoms with Crippen LogP contribution in [-0.2, 0) is 27.3 Å². The number of hydrogen-bond acceptors (Lipinski definition) is 5. The van der Waals surface area contributed by atoms with Crippen LogP contribution < -0.4 is 0 Å². The molecule has 25 heavy (non-hydrogen) atoms. The van der Waals surface area contributed by atoms with Crippen molar-refractivity contribution in [2.75, 3.05) is 13.7 Å². The fraction of sp³-hybridized carbons (Fsp3) is 0.333. The number of methoxy groups -OCH3 is 1. The molecule has 1 unspecified atom stereocenters. The monoisotopic (exact) mass is 381 g/mol. The summed E-state index contributed by atoms with van der Waals surface area (Å²) >= 11 is 8.07. The van der Waals surface area contributed by atoms with Crippen molar-refractivity contribution in [1.29, 1.82) is 0 Å². The van der Waals surface area contributed by atoms with Gasteiger partial charge in [0.25, 0.3) is 5.97 Å². The SMILES string of the molecule is CC(=O)O.COC(=O)C(c1ccccc1Cl)N1CCc2sccc2C1. The van der Waals surface area contributed by atoms with Gasteiger partial charge in [-0.25, -0.2) is 4.79 Å². The van der Waals surface area contributed by atoms with Crippen LogP contribution in [0, 0.1) is 0 Å². The standard InChI is InChI=1S/C16H16ClNO2S.C2H4O2/c1-20-16(19)15(12-4-2-3-5-13(12)17)18-8-6-14-11(10-18)7-9-21-14;1-2(3)4/h2-5,7,9,15H,6,8,10H2,1H3;1H3,(H,3,4). The van der Waals surface area contributed by atoms with Crippen LogP contribution in [0.2, 0.25) is 5.02 Å². The number of ether oxygens (including phenoxy) is 1. The summed E-state index contributed by atoms with van der Waals surface area (Å²) in [6.07, 6.45) is 0.963. The molecule has 1 aromatic carbocycles. The highest BCUT2D eigenvalue weighted by molar-refractivity contribution is 7.10. The lowest BCUT2D eigenvalue weighted by atomic mass is 10.0. The lowest BCUT2D eigenvalue weighted by Gasteiger charge is -2.33. The summed E-state index contributed by atoms with van der Waals surface area (Å²) in [5, 5.41) is 10.1. The van der Waals surface area contributed by atoms with E-state index in [9.17, 15) is 4.79 Å². The summed E-state index contributed by atoms with van der Waals surface area (Å²) in [7, 11) is 1.42. The maximum Gasteiger partial charge on any atom is 0.327 e. The van der Waals surface area contributed by atoms with Gasteiger partial charge in [0.05, 0.1) is 7.11 Å². The van der Waals surface area contributed by atoms with Gasteiger partial charge in [-0.05, 0) is 35.1 Å². The van der Waals surface area contributed by atoms with Crippen molar-refractivity contribution in [1.82, 2.24) is 4.90 Å². The van der Waals surface area contributed by atoms with Crippen LogP contribution in [0.3, 0.4) is 0 Å². The second kappa shape index (κ2) is 8.99. The number of esters is 1. The Morgan fingerprint density at radius 3 is 2.64 bits per heavy atom. The molecule has 1 atom stereocenters. The van der Waals surface area contributed by atoms with Crippen LogP contribution in [0.5, 0.6) is 0 Å². The molecule has 0 bridgehead atoms. The first-order chi connectivity index (χ1) is 11.9. The van der Waals surface area contributed by atoms with E-state index in [1.165, 1.54) is 17.6 Å². The van der Waals surface area contributed by atoms with E-state index in [4.69, 9.17) is 26.2 Å². The molecule has 134 valence electrons. The fourth-order valence-electron chi connectivity index (χ4n) is 2.77. The molecular formula is C18H20ClNO4S. The molecular weight excluding hydrogens is 362 g/mol. The predicted octanol–water partition coefficient (Wildman–Crippen LogP) is 3.76. The number of carboxylic acid groups (broad SMARTS) is 1. The molecule has 0 saturated heterocycles. The summed E-state index contributed by atoms with van der Waals surface area (Å²) in [6.45, 7) is 2.67. The minimum Gasteiger partial charge on any atom is -0.481 e. The summed E-state index contributed by atoms with van der Waals surface area (Å²) in [5.41, 5.74) is 2.11. The van der Waals surface area contributed by atoms with Gasteiger partial charge in [-0.15, -0.1) is 11.3 Å². The van der Waals surface area contributed by atoms with E-state index in [1.54, 1.807) is 11.3 Å². The lowest BCUT2D eigenvalue weighted by molar-refractivity contribution is -0.147. The smallest absolute Gasteiger partial charge is 0.327 e. The van der Waals surface area contributed by atoms with Gasteiger partial charge in [-0.2, -0.15) is 0 Å². The first-order valence-electron chi connectivity index (χ1n) is 7.75. The van der Waals surface area contributed by atoms with Gasteiger partial charge in [-0.1, -0.05) is 29.8 Å². The van der Waals surface area contributed by atoms with Crippen molar-refractivity contribution in [3.63, 3.8) is 0 Å². The molecule has 1 aliphatic rings. The molecule has 0 aliphatic carbocycles. The van der Waals surface area contributed by atoms with Crippen molar-refractivity contribution in [2.45, 2.75) is 25.9 Å². The molecule has 5 nitrogen and oxygen atoms in total. The molecule has 0 amide bonds. The van der Waals surface area contributed by atoms with Crippen LogP contribution in [-0.4, -0.2) is 35.6 Å². The normalized spacial score (nSPS) is 14.7. The number of aliphatic carboxylic acids is 1. The van der Waals surface area contributed by atoms with Gasteiger partial charge in [0.2, 0.25) is 0 Å². The van der Waals surface area contributed by atoms with Crippen molar-refractivity contribution in [3.05, 3.63) is 56.7 Å². The minimum atomic E-state index is -0.833. The van der Waals surface area contributed by atoms with Crippen molar-refractivity contribution >= 4 is 34.9 Å². The van der Waals surface area contributed by atoms with Gasteiger partial charge in [-0.3, -0.25) is 9.69 Å². The molecule has 1 aliphatic heterocycles. The third kappa shape index (κ3) is 5.04. The highest BCUT2D eigenvalue weighted by Gasteiger charge is 2.32. The summed E-state index contributed by atoms with van der Waals surface area (Å²) in [5.74, 6) is -1.10. The van der Waals surface area contributed by atoms with Crippen molar-refractivity contribution in [3.8, 4) is 0 Å². The zero-order valence-corrected chi connectivity index (χ0v) is 15.6. The van der Waals surface area contributed by atoms with E-state index < -0.39 is 12.0 Å². The Labute approximate surface area is 155 Å². The van der Waals surface area contributed by atoms with Crippen LogP contribution in [0.1, 0.15) is 29.0 Å². The fourth-order valence-corrected chi connectivity index (χ4v) is 3.90. The highest BCUT2D eigenvalue weighted by atomic mass is 35.5. The third-order valence-corrected chi connectivity index (χ3v) is 5.19. The van der Waals surface area contributed by atoms with Gasteiger partial charge < -0.3 is 9.84 Å². The topological polar surface area (TPSA) is 66.8 Å². The number of halogens is 1. The lowest BCUT2D eigenvalue weighted by Crippen LogP contribution is -2.38. The van der Waals surface area contributed by atoms with E-state index in [-0.39, 0.29) is 5.97 Å². The molecule has 0 spiro atoms. The molecule has 2 heterocycles. The van der Waals surface area contributed by atoms with Crippen LogP contribution in [0.15, 0.2) is 35.7 Å². The number of benzene rings is 1. The van der Waals surface area contributed by atoms with E-state index in [2.05, 4.69) is 16.3 Å². The summed E-state index contributed by atoms with van der Waals surface area (Å²) in [6, 6.07) is 9.16. The summed E-state index contributed by atoms with van der Waals surface area (Å²) < 4.78 is 5.01. The summed E-state index contributed by atoms with van der Waals surface area (Å²) in [4.78, 5) is 24.8. The Kier molecular flexibility index (Phi) is 6.99. The predicted molar refractivity (Wildman–Crippen MR) is 98.0 cm³/mol. The molecule has 0 fully saturated rings. The zero-order valence-electron chi connectivity index (χ0n) is 14.1. The minimum absolute atomic E-state index is 0.262. The highest BCUT2D eigenvalue weighted by Crippen LogP contribution is 2.33. The Hall–Kier alpha value is -1.89. The largest absolute Gasteiger partial charge is 0.481 e. The Morgan fingerprint density at radius 2 is 2.00 bits per heavy atom. The molecule has 3 rings (SSSR count). The Morgan fingerprint density at radius 1 is 1.32 bits per heavy atom. The van der Waals surface area contributed by atoms with Crippen molar-refractivity contribution in [2.24, 2.45) is 0 Å². The average molecular weight is 382 g/mol. The Bertz CT molecular complexity index is 742. The number of nitrogens with zero attached hydrogens (tertiary/aromatic N) is 1. The average Bonchev–Trinajstić information content (AvgIpc) is 3.04. The molecule has 1 aromatic heterocycles. The van der Waals surface area contributed by atoms with E-state index in [1.807, 2.05) is 24.3 Å². The van der Waals surface area contributed by atoms with Gasteiger partial charge in [0.1, 0.15) is 6.04 Å². The van der Waals surface area contributed by atoms with E-state index >= 15 is 0 Å². The van der Waals surface area contributed by atoms with Crippen LogP contribution in [0.4, 0.5) is 0 Å². The number of carbonyl (C=O) groups is 2. The molecule has 0 saturated carbocycles. The number of thiophene rings is 1. The molecule has 2 aromatic rings. The maximum atomic E-state index is 12.3. The van der Waals surface area contributed by atoms with Gasteiger partial charge in [0.15, 0.2) is 0 Å². The molecule has 7 heteroatoms. The van der Waals surface area contributed by atoms with Crippen LogP contribution >= 0.6 is 22.9 Å². The first kappa shape index (κ1) is 19.4. The number of fused-ring (bicyclic) bond motifs is 1. The van der Waals surface area contributed by atoms with Gasteiger partial charge in [0, 0.05) is 29.9 Å². The number of carboxylic acids is 1. The van der Waals surface area contributed by atoms with Crippen LogP contribution in [0.25, 0.3) is 0 Å². The Balaban J connectivity index is 0.000000511. The third-order valence-electron chi connectivity index (χ3n) is 3.83. The number of hydrogen-bond donors (Lipinski definition) is 1. The second-order valence-corrected chi connectivity index (χ2v) is 6.96. The number of rotatable bonds is 3. The molecule has 0 radical (unpaired) electrons. The van der Waals surface area contributed by atoms with E-state index in [0.29, 0.717) is 5.02 Å². The molecule has 1 N–H and O–H groups in total. The van der Waals surface area contributed by atoms with Gasteiger partial charge >= 0.3 is 5.97 Å². The second-order valence-electron chi connectivity index (χ2n) is 5.56. The van der Waals surface area contributed by atoms with Crippen molar-refractivity contribution < 1.29 is 19.4 Å². The number of carbonyl (C=O) groups excluding carboxylic acids is 1. The van der Waals surface area contributed by atoms with E-state index in [0.717, 1.165) is 32.0 Å². The maximum absolute atomic E-state index is 12.3.